The molecule has 2 nitrogen and oxygen atoms in total. The Balaban J connectivity index is 0.000000165. The molecule has 0 aliphatic rings. The van der Waals surface area contributed by atoms with Gasteiger partial charge in [0.1, 0.15) is 11.5 Å². The van der Waals surface area contributed by atoms with Crippen LogP contribution >= 0.6 is 0 Å². The molecule has 0 amide bonds. The zero-order valence-electron chi connectivity index (χ0n) is 34.0. The van der Waals surface area contributed by atoms with Gasteiger partial charge in [-0.2, -0.15) is 0 Å². The van der Waals surface area contributed by atoms with Crippen molar-refractivity contribution in [1.29, 1.82) is 0 Å². The van der Waals surface area contributed by atoms with Crippen molar-refractivity contribution in [3.05, 3.63) is 231 Å². The van der Waals surface area contributed by atoms with Crippen LogP contribution in [0.5, 0.6) is 0 Å². The van der Waals surface area contributed by atoms with E-state index in [1.807, 2.05) is 48.5 Å². The number of rotatable bonds is 6. The molecule has 0 atom stereocenters. The van der Waals surface area contributed by atoms with Crippen molar-refractivity contribution in [2.45, 2.75) is 0 Å². The smallest absolute Gasteiger partial charge is 1.00 e. The summed E-state index contributed by atoms with van der Waals surface area (Å²) in [6.07, 6.45) is 0. The third-order valence-corrected chi connectivity index (χ3v) is 11.6. The molecule has 0 unspecified atom stereocenters. The van der Waals surface area contributed by atoms with Gasteiger partial charge in [0.2, 0.25) is 0 Å². The SMILES string of the molecule is [Cl-].[Cl-].[Zr+4].c1ccc(-c2ccc(-c3cc4c(-c5cccc6ccccc56)cccc4[cH-]3)o2)cc1.c1ccc(-c2ccc(-c3cc4c(-c5cccc6ccccc56)cccc4[cH-]3)o2)cc1. The molecule has 5 heteroatoms. The van der Waals surface area contributed by atoms with Crippen LogP contribution in [0, 0.1) is 0 Å². The molecule has 0 spiro atoms. The van der Waals surface area contributed by atoms with Gasteiger partial charge in [-0.25, -0.2) is 0 Å². The molecule has 0 aliphatic heterocycles. The van der Waals surface area contributed by atoms with Gasteiger partial charge in [0, 0.05) is 11.1 Å². The molecule has 0 bridgehead atoms. The Morgan fingerprint density at radius 1 is 0.286 bits per heavy atom. The third kappa shape index (κ3) is 8.41. The summed E-state index contributed by atoms with van der Waals surface area (Å²) in [7, 11) is 0. The molecule has 0 radical (unpaired) electrons. The average Bonchev–Trinajstić information content (AvgIpc) is 4.16. The minimum Gasteiger partial charge on any atom is -1.00 e. The summed E-state index contributed by atoms with van der Waals surface area (Å²) in [6, 6.07) is 80.9. The maximum Gasteiger partial charge on any atom is 4.00 e. The van der Waals surface area contributed by atoms with Crippen LogP contribution in [0.15, 0.2) is 239 Å². The standard InChI is InChI=1S/2C29H19O.2ClH.Zr/c2*1-2-9-21(10-3-1)28-16-17-29(30-28)23-18-22-12-7-15-26(27(22)19-23)25-14-6-11-20-8-4-5-13-24(20)25;;;/h2*1-19H;2*1H;/q2*-1;;;+4/p-2. The Morgan fingerprint density at radius 3 is 1.05 bits per heavy atom. The van der Waals surface area contributed by atoms with Crippen molar-refractivity contribution in [1.82, 2.24) is 0 Å². The van der Waals surface area contributed by atoms with Crippen molar-refractivity contribution in [2.24, 2.45) is 0 Å². The molecule has 0 fully saturated rings. The van der Waals surface area contributed by atoms with Crippen molar-refractivity contribution in [3.63, 3.8) is 0 Å². The van der Waals surface area contributed by atoms with Crippen LogP contribution in [-0.2, 0) is 26.2 Å². The topological polar surface area (TPSA) is 26.3 Å². The van der Waals surface area contributed by atoms with E-state index in [0.29, 0.717) is 0 Å². The molecule has 2 aromatic heterocycles. The Hall–Kier alpha value is -6.48. The first-order chi connectivity index (χ1) is 29.7. The Labute approximate surface area is 398 Å². The maximum absolute atomic E-state index is 6.20. The Bertz CT molecular complexity index is 3200. The summed E-state index contributed by atoms with van der Waals surface area (Å²) in [5.41, 5.74) is 9.45. The van der Waals surface area contributed by atoms with E-state index < -0.39 is 0 Å². The summed E-state index contributed by atoms with van der Waals surface area (Å²) in [4.78, 5) is 0. The molecule has 10 aromatic carbocycles. The van der Waals surface area contributed by atoms with E-state index in [9.17, 15) is 0 Å². The first-order valence-electron chi connectivity index (χ1n) is 20.4. The number of furan rings is 2. The van der Waals surface area contributed by atoms with Crippen molar-refractivity contribution in [3.8, 4) is 67.5 Å². The van der Waals surface area contributed by atoms with Gasteiger partial charge in [0.15, 0.2) is 0 Å². The van der Waals surface area contributed by atoms with Crippen molar-refractivity contribution in [2.75, 3.05) is 0 Å². The van der Waals surface area contributed by atoms with E-state index in [0.717, 1.165) is 45.3 Å². The molecule has 300 valence electrons. The van der Waals surface area contributed by atoms with E-state index in [1.54, 1.807) is 0 Å². The number of benzene rings is 8. The van der Waals surface area contributed by atoms with Crippen LogP contribution in [0.25, 0.3) is 111 Å². The van der Waals surface area contributed by atoms with Crippen LogP contribution in [0.2, 0.25) is 0 Å². The number of hydrogen-bond donors (Lipinski definition) is 0. The van der Waals surface area contributed by atoms with Gasteiger partial charge in [-0.3, -0.25) is 0 Å². The molecule has 0 saturated heterocycles. The third-order valence-electron chi connectivity index (χ3n) is 11.6. The number of hydrogen-bond acceptors (Lipinski definition) is 2. The van der Waals surface area contributed by atoms with E-state index in [4.69, 9.17) is 8.83 Å². The van der Waals surface area contributed by atoms with Gasteiger partial charge in [-0.1, -0.05) is 192 Å². The first kappa shape index (κ1) is 43.2. The number of fused-ring (bicyclic) bond motifs is 4. The monoisotopic (exact) mass is 926 g/mol. The minimum atomic E-state index is 0. The van der Waals surface area contributed by atoms with Gasteiger partial charge in [0.05, 0.1) is 11.5 Å². The fourth-order valence-electron chi connectivity index (χ4n) is 8.65. The van der Waals surface area contributed by atoms with Crippen LogP contribution in [0.4, 0.5) is 0 Å². The summed E-state index contributed by atoms with van der Waals surface area (Å²) in [5, 5.41) is 10.0. The van der Waals surface area contributed by atoms with Gasteiger partial charge < -0.3 is 33.6 Å². The zero-order chi connectivity index (χ0) is 39.8. The van der Waals surface area contributed by atoms with Gasteiger partial charge in [-0.15, -0.1) is 57.9 Å². The summed E-state index contributed by atoms with van der Waals surface area (Å²) in [6.45, 7) is 0. The predicted octanol–water partition coefficient (Wildman–Crippen LogP) is 10.6. The van der Waals surface area contributed by atoms with Crippen LogP contribution < -0.4 is 24.8 Å². The van der Waals surface area contributed by atoms with Crippen LogP contribution in [0.3, 0.4) is 0 Å². The Kier molecular flexibility index (Phi) is 12.9. The summed E-state index contributed by atoms with van der Waals surface area (Å²) >= 11 is 0. The van der Waals surface area contributed by atoms with Gasteiger partial charge in [-0.05, 0) is 56.9 Å². The van der Waals surface area contributed by atoms with E-state index in [-0.39, 0.29) is 51.0 Å². The Morgan fingerprint density at radius 2 is 0.619 bits per heavy atom. The molecule has 12 rings (SSSR count). The van der Waals surface area contributed by atoms with Crippen molar-refractivity contribution < 1.29 is 59.9 Å². The molecule has 0 aliphatic carbocycles. The van der Waals surface area contributed by atoms with Gasteiger partial charge >= 0.3 is 26.2 Å². The molecule has 63 heavy (non-hydrogen) atoms. The van der Waals surface area contributed by atoms with Gasteiger partial charge in [0.25, 0.3) is 0 Å². The molecule has 0 N–H and O–H groups in total. The second kappa shape index (κ2) is 18.9. The zero-order valence-corrected chi connectivity index (χ0v) is 38.0. The quantitative estimate of drug-likeness (QED) is 0.155. The maximum atomic E-state index is 6.20. The largest absolute Gasteiger partial charge is 4.00 e. The fraction of sp³-hybridized carbons (Fsp3) is 0. The van der Waals surface area contributed by atoms with E-state index >= 15 is 0 Å². The second-order valence-corrected chi connectivity index (χ2v) is 15.2. The van der Waals surface area contributed by atoms with E-state index in [2.05, 4.69) is 182 Å². The second-order valence-electron chi connectivity index (χ2n) is 15.2. The van der Waals surface area contributed by atoms with Crippen molar-refractivity contribution >= 4 is 43.1 Å². The van der Waals surface area contributed by atoms with E-state index in [1.165, 1.54) is 65.3 Å². The molecular formula is C58H38Cl2O2Zr. The fourth-order valence-corrected chi connectivity index (χ4v) is 8.65. The van der Waals surface area contributed by atoms with Crippen LogP contribution in [0.1, 0.15) is 0 Å². The normalized spacial score (nSPS) is 10.8. The molecular weight excluding hydrogens is 891 g/mol. The first-order valence-corrected chi connectivity index (χ1v) is 20.4. The summed E-state index contributed by atoms with van der Waals surface area (Å²) in [5.74, 6) is 3.58. The average molecular weight is 929 g/mol. The van der Waals surface area contributed by atoms with Crippen LogP contribution in [-0.4, -0.2) is 0 Å². The number of halogens is 2. The predicted molar refractivity (Wildman–Crippen MR) is 251 cm³/mol. The molecule has 2 heterocycles. The summed E-state index contributed by atoms with van der Waals surface area (Å²) < 4.78 is 12.4. The molecule has 12 aromatic rings. The molecule has 0 saturated carbocycles. The minimum absolute atomic E-state index is 0.